The number of aryl methyl sites for hydroxylation is 2. The van der Waals surface area contributed by atoms with E-state index in [2.05, 4.69) is 30.5 Å². The molecule has 4 aromatic heterocycles. The van der Waals surface area contributed by atoms with E-state index >= 15 is 0 Å². The van der Waals surface area contributed by atoms with Gasteiger partial charge >= 0.3 is 6.18 Å². The lowest BCUT2D eigenvalue weighted by molar-refractivity contribution is -0.141. The third-order valence-electron chi connectivity index (χ3n) is 4.93. The van der Waals surface area contributed by atoms with Crippen LogP contribution in [0.15, 0.2) is 30.7 Å². The fraction of sp³-hybridized carbons (Fsp3) is 0.250. The summed E-state index contributed by atoms with van der Waals surface area (Å²) >= 11 is 6.23. The zero-order valence-corrected chi connectivity index (χ0v) is 18.3. The number of aromatic nitrogens is 7. The third kappa shape index (κ3) is 3.91. The molecule has 0 aliphatic heterocycles. The van der Waals surface area contributed by atoms with Crippen molar-refractivity contribution in [3.63, 3.8) is 0 Å². The van der Waals surface area contributed by atoms with Crippen LogP contribution in [-0.2, 0) is 13.2 Å². The van der Waals surface area contributed by atoms with Crippen LogP contribution in [0.25, 0.3) is 17.1 Å². The quantitative estimate of drug-likeness (QED) is 0.469. The molecule has 1 N–H and O–H groups in total. The van der Waals surface area contributed by atoms with Gasteiger partial charge in [-0.15, -0.1) is 0 Å². The minimum absolute atomic E-state index is 0.472. The molecular weight excluding hydrogens is 445 g/mol. The van der Waals surface area contributed by atoms with Crippen molar-refractivity contribution in [2.75, 3.05) is 5.32 Å². The van der Waals surface area contributed by atoms with Gasteiger partial charge in [-0.25, -0.2) is 14.6 Å². The highest BCUT2D eigenvalue weighted by molar-refractivity contribution is 6.31. The Bertz CT molecular complexity index is 1290. The Kier molecular flexibility index (Phi) is 5.37. The molecule has 0 spiro atoms. The summed E-state index contributed by atoms with van der Waals surface area (Å²) in [6.45, 7) is 5.46. The van der Waals surface area contributed by atoms with E-state index < -0.39 is 11.9 Å². The Morgan fingerprint density at radius 1 is 1.03 bits per heavy atom. The van der Waals surface area contributed by atoms with Crippen molar-refractivity contribution in [3.8, 4) is 17.1 Å². The molecule has 0 fully saturated rings. The molecule has 4 rings (SSSR count). The first-order valence-electron chi connectivity index (χ1n) is 9.44. The van der Waals surface area contributed by atoms with Gasteiger partial charge in [-0.05, 0) is 32.9 Å². The van der Waals surface area contributed by atoms with E-state index in [1.807, 2.05) is 20.8 Å². The number of anilines is 2. The van der Waals surface area contributed by atoms with Crippen LogP contribution in [0.5, 0.6) is 0 Å². The zero-order valence-electron chi connectivity index (χ0n) is 17.5. The number of nitrogens with zero attached hydrogens (tertiary/aromatic N) is 7. The van der Waals surface area contributed by atoms with E-state index in [0.29, 0.717) is 39.4 Å². The highest BCUT2D eigenvalue weighted by atomic mass is 35.5. The molecule has 0 radical (unpaired) electrons. The number of alkyl halides is 3. The molecule has 0 saturated carbocycles. The fourth-order valence-electron chi connectivity index (χ4n) is 3.28. The summed E-state index contributed by atoms with van der Waals surface area (Å²) in [6.07, 6.45) is -1.93. The van der Waals surface area contributed by atoms with Crippen LogP contribution in [0, 0.1) is 20.8 Å². The number of hydrogen-bond acceptors (Lipinski definition) is 6. The van der Waals surface area contributed by atoms with Crippen molar-refractivity contribution in [1.82, 2.24) is 34.5 Å². The SMILES string of the molecule is Cc1nn(-c2cc(Nc3c(C)c(-c4ccc(C(F)(F)F)nc4)nn3C)ncn2)c(C)c1Cl. The molecule has 12 heteroatoms. The van der Waals surface area contributed by atoms with Crippen molar-refractivity contribution in [3.05, 3.63) is 58.4 Å². The van der Waals surface area contributed by atoms with Crippen molar-refractivity contribution < 1.29 is 13.2 Å². The molecule has 0 saturated heterocycles. The number of pyridine rings is 1. The normalized spacial score (nSPS) is 11.8. The van der Waals surface area contributed by atoms with E-state index in [-0.39, 0.29) is 0 Å². The smallest absolute Gasteiger partial charge is 0.325 e. The standard InChI is InChI=1S/C20H18ClF3N8/c1-10-18(13-5-6-14(25-8-13)20(22,23)24)30-31(4)19(10)28-15-7-16(27-9-26-15)32-12(3)17(21)11(2)29-32/h5-9H,1-4H3,(H,26,27,28). The number of halogens is 4. The molecule has 4 aromatic rings. The van der Waals surface area contributed by atoms with E-state index in [4.69, 9.17) is 11.6 Å². The molecule has 0 bridgehead atoms. The largest absolute Gasteiger partial charge is 0.433 e. The molecule has 0 aromatic carbocycles. The van der Waals surface area contributed by atoms with Gasteiger partial charge < -0.3 is 5.32 Å². The van der Waals surface area contributed by atoms with Crippen LogP contribution < -0.4 is 5.32 Å². The topological polar surface area (TPSA) is 86.3 Å². The highest BCUT2D eigenvalue weighted by Crippen LogP contribution is 2.32. The summed E-state index contributed by atoms with van der Waals surface area (Å²) < 4.78 is 41.6. The van der Waals surface area contributed by atoms with E-state index in [0.717, 1.165) is 23.5 Å². The van der Waals surface area contributed by atoms with Crippen molar-refractivity contribution >= 4 is 23.2 Å². The molecule has 0 amide bonds. The van der Waals surface area contributed by atoms with Gasteiger partial charge in [-0.2, -0.15) is 23.4 Å². The summed E-state index contributed by atoms with van der Waals surface area (Å²) in [5.74, 6) is 1.64. The maximum atomic E-state index is 12.8. The summed E-state index contributed by atoms with van der Waals surface area (Å²) in [6, 6.07) is 4.00. The van der Waals surface area contributed by atoms with Gasteiger partial charge in [0, 0.05) is 30.4 Å². The van der Waals surface area contributed by atoms with Gasteiger partial charge in [0.15, 0.2) is 5.82 Å². The predicted octanol–water partition coefficient (Wildman–Crippen LogP) is 4.80. The summed E-state index contributed by atoms with van der Waals surface area (Å²) in [4.78, 5) is 12.0. The first kappa shape index (κ1) is 21.8. The molecule has 32 heavy (non-hydrogen) atoms. The molecule has 0 aliphatic rings. The number of hydrogen-bond donors (Lipinski definition) is 1. The van der Waals surface area contributed by atoms with Crippen molar-refractivity contribution in [2.24, 2.45) is 7.05 Å². The Hall–Kier alpha value is -3.47. The summed E-state index contributed by atoms with van der Waals surface area (Å²) in [5, 5.41) is 12.6. The third-order valence-corrected chi connectivity index (χ3v) is 5.48. The van der Waals surface area contributed by atoms with E-state index in [1.54, 1.807) is 22.5 Å². The van der Waals surface area contributed by atoms with Crippen molar-refractivity contribution in [1.29, 1.82) is 0 Å². The van der Waals surface area contributed by atoms with Gasteiger partial charge in [0.2, 0.25) is 0 Å². The number of rotatable bonds is 4. The second kappa shape index (κ2) is 7.90. The van der Waals surface area contributed by atoms with E-state index in [9.17, 15) is 13.2 Å². The Morgan fingerprint density at radius 3 is 2.38 bits per heavy atom. The van der Waals surface area contributed by atoms with Crippen LogP contribution >= 0.6 is 11.6 Å². The lowest BCUT2D eigenvalue weighted by Crippen LogP contribution is -2.07. The molecule has 4 heterocycles. The van der Waals surface area contributed by atoms with Gasteiger partial charge in [0.1, 0.15) is 23.7 Å². The minimum atomic E-state index is -4.50. The lowest BCUT2D eigenvalue weighted by Gasteiger charge is -2.09. The molecule has 0 unspecified atom stereocenters. The highest BCUT2D eigenvalue weighted by Gasteiger charge is 2.32. The second-order valence-electron chi connectivity index (χ2n) is 7.16. The van der Waals surface area contributed by atoms with Crippen LogP contribution in [0.4, 0.5) is 24.8 Å². The lowest BCUT2D eigenvalue weighted by atomic mass is 10.1. The average molecular weight is 463 g/mol. The molecule has 166 valence electrons. The van der Waals surface area contributed by atoms with E-state index in [1.165, 1.54) is 12.4 Å². The summed E-state index contributed by atoms with van der Waals surface area (Å²) in [5.41, 5.74) is 2.20. The van der Waals surface area contributed by atoms with Crippen LogP contribution in [-0.4, -0.2) is 34.5 Å². The predicted molar refractivity (Wildman–Crippen MR) is 113 cm³/mol. The monoisotopic (exact) mass is 462 g/mol. The van der Waals surface area contributed by atoms with Gasteiger partial charge in [-0.3, -0.25) is 9.67 Å². The Labute approximate surface area is 186 Å². The Morgan fingerprint density at radius 2 is 1.78 bits per heavy atom. The van der Waals surface area contributed by atoms with Crippen LogP contribution in [0.2, 0.25) is 5.02 Å². The zero-order chi connectivity index (χ0) is 23.2. The first-order chi connectivity index (χ1) is 15.1. The van der Waals surface area contributed by atoms with Crippen molar-refractivity contribution in [2.45, 2.75) is 26.9 Å². The average Bonchev–Trinajstić information content (AvgIpc) is 3.18. The van der Waals surface area contributed by atoms with Gasteiger partial charge in [0.25, 0.3) is 0 Å². The first-order valence-corrected chi connectivity index (χ1v) is 9.82. The maximum Gasteiger partial charge on any atom is 0.433 e. The van der Waals surface area contributed by atoms with Gasteiger partial charge in [0.05, 0.1) is 22.1 Å². The molecule has 8 nitrogen and oxygen atoms in total. The Balaban J connectivity index is 1.65. The molecular formula is C20H18ClF3N8. The van der Waals surface area contributed by atoms with Gasteiger partial charge in [-0.1, -0.05) is 11.6 Å². The summed E-state index contributed by atoms with van der Waals surface area (Å²) in [7, 11) is 1.72. The minimum Gasteiger partial charge on any atom is -0.325 e. The molecule has 0 aliphatic carbocycles. The second-order valence-corrected chi connectivity index (χ2v) is 7.54. The van der Waals surface area contributed by atoms with Crippen LogP contribution in [0.3, 0.4) is 0 Å². The fourth-order valence-corrected chi connectivity index (χ4v) is 3.40. The molecule has 0 atom stereocenters. The van der Waals surface area contributed by atoms with Crippen LogP contribution in [0.1, 0.15) is 22.6 Å². The maximum absolute atomic E-state index is 12.8. The number of nitrogens with one attached hydrogen (secondary N) is 1.